The van der Waals surface area contributed by atoms with Crippen LogP contribution in [-0.4, -0.2) is 23.3 Å². The number of aryl methyl sites for hydroxylation is 1. The number of rotatable bonds is 5. The first-order valence-electron chi connectivity index (χ1n) is 4.80. The summed E-state index contributed by atoms with van der Waals surface area (Å²) in [5.41, 5.74) is -0.167. The molecule has 0 saturated carbocycles. The Hall–Kier alpha value is -0.180. The highest BCUT2D eigenvalue weighted by atomic mass is 79.9. The summed E-state index contributed by atoms with van der Waals surface area (Å²) in [6, 6.07) is 1.65. The van der Waals surface area contributed by atoms with Gasteiger partial charge in [0, 0.05) is 17.2 Å². The van der Waals surface area contributed by atoms with Crippen LogP contribution < -0.4 is 5.56 Å². The highest BCUT2D eigenvalue weighted by Gasteiger charge is 2.06. The second-order valence-corrected chi connectivity index (χ2v) is 6.84. The van der Waals surface area contributed by atoms with E-state index < -0.39 is 10.1 Å². The van der Waals surface area contributed by atoms with Crippen LogP contribution in [0.2, 0.25) is 0 Å². The van der Waals surface area contributed by atoms with Crippen molar-refractivity contribution in [2.24, 2.45) is 0 Å². The van der Waals surface area contributed by atoms with E-state index in [9.17, 15) is 13.2 Å². The van der Waals surface area contributed by atoms with Gasteiger partial charge in [0.15, 0.2) is 0 Å². The van der Waals surface area contributed by atoms with Crippen LogP contribution in [0.4, 0.5) is 0 Å². The minimum Gasteiger partial charge on any atom is -0.313 e. The van der Waals surface area contributed by atoms with Gasteiger partial charge in [-0.25, -0.2) is 0 Å². The van der Waals surface area contributed by atoms with E-state index >= 15 is 0 Å². The zero-order valence-electron chi connectivity index (χ0n) is 8.77. The maximum absolute atomic E-state index is 11.6. The topological polar surface area (TPSA) is 76.4 Å². The zero-order chi connectivity index (χ0) is 13.1. The number of unbranched alkanes of at least 4 members (excludes halogenated alkanes) is 1. The minimum atomic E-state index is -3.91. The van der Waals surface area contributed by atoms with Crippen molar-refractivity contribution in [1.82, 2.24) is 4.57 Å². The molecule has 96 valence electrons. The highest BCUT2D eigenvalue weighted by Crippen LogP contribution is 2.13. The minimum absolute atomic E-state index is 0.167. The van der Waals surface area contributed by atoms with Crippen molar-refractivity contribution < 1.29 is 13.0 Å². The Kier molecular flexibility index (Phi) is 5.36. The second-order valence-electron chi connectivity index (χ2n) is 3.50. The molecular formula is C9H11Br2NO4S. The fourth-order valence-corrected chi connectivity index (χ4v) is 3.12. The van der Waals surface area contributed by atoms with Crippen molar-refractivity contribution in [2.75, 3.05) is 5.75 Å². The lowest BCUT2D eigenvalue weighted by molar-refractivity contribution is 0.478. The Bertz CT molecular complexity index is 553. The smallest absolute Gasteiger partial charge is 0.264 e. The summed E-state index contributed by atoms with van der Waals surface area (Å²) in [5.74, 6) is -0.281. The Morgan fingerprint density at radius 1 is 1.29 bits per heavy atom. The normalized spacial score (nSPS) is 11.7. The van der Waals surface area contributed by atoms with Gasteiger partial charge < -0.3 is 4.57 Å². The molecule has 0 amide bonds. The number of hydrogen-bond acceptors (Lipinski definition) is 3. The first-order valence-corrected chi connectivity index (χ1v) is 8.00. The van der Waals surface area contributed by atoms with Crippen LogP contribution in [0.3, 0.4) is 0 Å². The fourth-order valence-electron chi connectivity index (χ4n) is 1.30. The predicted molar refractivity (Wildman–Crippen MR) is 71.8 cm³/mol. The molecule has 0 aliphatic carbocycles. The molecule has 0 saturated heterocycles. The summed E-state index contributed by atoms with van der Waals surface area (Å²) < 4.78 is 32.2. The van der Waals surface area contributed by atoms with Crippen molar-refractivity contribution >= 4 is 42.0 Å². The first-order chi connectivity index (χ1) is 7.79. The van der Waals surface area contributed by atoms with Gasteiger partial charge in [-0.2, -0.15) is 8.42 Å². The maximum atomic E-state index is 11.6. The van der Waals surface area contributed by atoms with Gasteiger partial charge in [-0.3, -0.25) is 9.35 Å². The molecule has 0 aliphatic rings. The van der Waals surface area contributed by atoms with E-state index in [2.05, 4.69) is 31.9 Å². The molecule has 8 heteroatoms. The summed E-state index contributed by atoms with van der Waals surface area (Å²) in [4.78, 5) is 11.6. The number of pyridine rings is 1. The third kappa shape index (κ3) is 5.33. The molecule has 0 atom stereocenters. The third-order valence-electron chi connectivity index (χ3n) is 2.06. The molecule has 0 bridgehead atoms. The van der Waals surface area contributed by atoms with Gasteiger partial charge in [-0.05, 0) is 50.8 Å². The standard InChI is InChI=1S/C9H11Br2NO4S/c10-7-5-8(11)9(13)12(6-7)3-1-2-4-17(14,15)16/h5-6H,1-4H2,(H,14,15,16). The lowest BCUT2D eigenvalue weighted by atomic mass is 10.3. The van der Waals surface area contributed by atoms with Gasteiger partial charge in [-0.15, -0.1) is 0 Å². The summed E-state index contributed by atoms with van der Waals surface area (Å²) in [6.45, 7) is 0.409. The predicted octanol–water partition coefficient (Wildman–Crippen LogP) is 2.04. The van der Waals surface area contributed by atoms with Gasteiger partial charge >= 0.3 is 0 Å². The van der Waals surface area contributed by atoms with E-state index in [4.69, 9.17) is 4.55 Å². The largest absolute Gasteiger partial charge is 0.313 e. The first kappa shape index (κ1) is 14.9. The van der Waals surface area contributed by atoms with Crippen LogP contribution in [0.5, 0.6) is 0 Å². The molecule has 1 rings (SSSR count). The Labute approximate surface area is 116 Å². The molecule has 1 aromatic heterocycles. The molecule has 0 unspecified atom stereocenters. The van der Waals surface area contributed by atoms with E-state index in [0.717, 1.165) is 4.47 Å². The van der Waals surface area contributed by atoms with Gasteiger partial charge in [-0.1, -0.05) is 0 Å². The molecular weight excluding hydrogens is 378 g/mol. The molecule has 0 aliphatic heterocycles. The molecule has 17 heavy (non-hydrogen) atoms. The molecule has 0 radical (unpaired) electrons. The third-order valence-corrected chi connectivity index (χ3v) is 3.87. The number of hydrogen-bond donors (Lipinski definition) is 1. The van der Waals surface area contributed by atoms with Gasteiger partial charge in [0.1, 0.15) is 0 Å². The van der Waals surface area contributed by atoms with Gasteiger partial charge in [0.25, 0.3) is 15.7 Å². The van der Waals surface area contributed by atoms with Crippen LogP contribution in [0.15, 0.2) is 26.0 Å². The van der Waals surface area contributed by atoms with Crippen LogP contribution in [-0.2, 0) is 16.7 Å². The Balaban J connectivity index is 2.61. The molecule has 5 nitrogen and oxygen atoms in total. The summed E-state index contributed by atoms with van der Waals surface area (Å²) in [5, 5.41) is 0. The molecule has 0 spiro atoms. The summed E-state index contributed by atoms with van der Waals surface area (Å²) in [6.07, 6.45) is 2.46. The zero-order valence-corrected chi connectivity index (χ0v) is 12.8. The van der Waals surface area contributed by atoms with Crippen molar-refractivity contribution in [3.63, 3.8) is 0 Å². The average molecular weight is 389 g/mol. The highest BCUT2D eigenvalue weighted by molar-refractivity contribution is 9.11. The maximum Gasteiger partial charge on any atom is 0.264 e. The quantitative estimate of drug-likeness (QED) is 0.618. The van der Waals surface area contributed by atoms with E-state index in [1.807, 2.05) is 0 Å². The lowest BCUT2D eigenvalue weighted by Gasteiger charge is -2.06. The van der Waals surface area contributed by atoms with Crippen LogP contribution in [0, 0.1) is 0 Å². The lowest BCUT2D eigenvalue weighted by Crippen LogP contribution is -2.20. The monoisotopic (exact) mass is 387 g/mol. The van der Waals surface area contributed by atoms with Crippen molar-refractivity contribution in [3.8, 4) is 0 Å². The molecule has 0 aromatic carbocycles. The van der Waals surface area contributed by atoms with Crippen molar-refractivity contribution in [1.29, 1.82) is 0 Å². The Morgan fingerprint density at radius 2 is 1.94 bits per heavy atom. The van der Waals surface area contributed by atoms with Gasteiger partial charge in [0.05, 0.1) is 10.2 Å². The SMILES string of the molecule is O=c1c(Br)cc(Br)cn1CCCCS(=O)(=O)O. The van der Waals surface area contributed by atoms with Crippen molar-refractivity contribution in [3.05, 3.63) is 31.6 Å². The molecule has 1 heterocycles. The summed E-state index contributed by atoms with van der Waals surface area (Å²) in [7, 11) is -3.91. The summed E-state index contributed by atoms with van der Waals surface area (Å²) >= 11 is 6.40. The Morgan fingerprint density at radius 3 is 2.53 bits per heavy atom. The number of aromatic nitrogens is 1. The molecule has 1 N–H and O–H groups in total. The van der Waals surface area contributed by atoms with E-state index in [1.54, 1.807) is 12.3 Å². The fraction of sp³-hybridized carbons (Fsp3) is 0.444. The van der Waals surface area contributed by atoms with E-state index in [0.29, 0.717) is 23.9 Å². The van der Waals surface area contributed by atoms with Crippen LogP contribution >= 0.6 is 31.9 Å². The van der Waals surface area contributed by atoms with Crippen LogP contribution in [0.25, 0.3) is 0 Å². The van der Waals surface area contributed by atoms with Crippen LogP contribution in [0.1, 0.15) is 12.8 Å². The number of nitrogens with zero attached hydrogens (tertiary/aromatic N) is 1. The van der Waals surface area contributed by atoms with E-state index in [1.165, 1.54) is 4.57 Å². The van der Waals surface area contributed by atoms with Crippen molar-refractivity contribution in [2.45, 2.75) is 19.4 Å². The number of halogens is 2. The van der Waals surface area contributed by atoms with Gasteiger partial charge in [0.2, 0.25) is 0 Å². The second kappa shape index (κ2) is 6.12. The molecule has 0 fully saturated rings. The van der Waals surface area contributed by atoms with E-state index in [-0.39, 0.29) is 11.3 Å². The molecule has 1 aromatic rings. The average Bonchev–Trinajstić information content (AvgIpc) is 2.18.